The van der Waals surface area contributed by atoms with Crippen molar-refractivity contribution < 1.29 is 4.39 Å². The Morgan fingerprint density at radius 1 is 1.54 bits per heavy atom. The monoisotopic (exact) mass is 199 g/mol. The van der Waals surface area contributed by atoms with Crippen LogP contribution in [0.2, 0.25) is 0 Å². The molecule has 0 amide bonds. The molecule has 13 heavy (non-hydrogen) atoms. The van der Waals surface area contributed by atoms with Crippen LogP contribution < -0.4 is 5.73 Å². The lowest BCUT2D eigenvalue weighted by Gasteiger charge is -2.13. The van der Waals surface area contributed by atoms with Gasteiger partial charge in [-0.1, -0.05) is 6.92 Å². The minimum absolute atomic E-state index is 0.187. The highest BCUT2D eigenvalue weighted by Crippen LogP contribution is 2.27. The van der Waals surface area contributed by atoms with Gasteiger partial charge in [0.25, 0.3) is 0 Å². The standard InChI is InChI=1S/C10H14FNS/c1-7(6-12)9-5-8(11)3-4-10(9)13-2/h3-5,7H,6,12H2,1-2H3. The first kappa shape index (κ1) is 10.5. The van der Waals surface area contributed by atoms with Crippen LogP contribution in [0, 0.1) is 5.82 Å². The molecule has 0 saturated heterocycles. The minimum Gasteiger partial charge on any atom is -0.330 e. The maximum atomic E-state index is 12.9. The van der Waals surface area contributed by atoms with Crippen molar-refractivity contribution in [3.63, 3.8) is 0 Å². The molecule has 2 N–H and O–H groups in total. The normalized spacial score (nSPS) is 12.9. The van der Waals surface area contributed by atoms with Crippen molar-refractivity contribution in [3.05, 3.63) is 29.6 Å². The van der Waals surface area contributed by atoms with Gasteiger partial charge in [0.15, 0.2) is 0 Å². The largest absolute Gasteiger partial charge is 0.330 e. The Labute approximate surface area is 82.5 Å². The Morgan fingerprint density at radius 2 is 2.23 bits per heavy atom. The number of halogens is 1. The molecule has 1 nitrogen and oxygen atoms in total. The fourth-order valence-electron chi connectivity index (χ4n) is 1.22. The predicted octanol–water partition coefficient (Wildman–Crippen LogP) is 2.61. The zero-order chi connectivity index (χ0) is 9.84. The molecule has 0 bridgehead atoms. The van der Waals surface area contributed by atoms with E-state index < -0.39 is 0 Å². The molecule has 0 aliphatic heterocycles. The first-order valence-electron chi connectivity index (χ1n) is 4.22. The van der Waals surface area contributed by atoms with Gasteiger partial charge in [0.2, 0.25) is 0 Å². The topological polar surface area (TPSA) is 26.0 Å². The molecule has 0 aromatic heterocycles. The summed E-state index contributed by atoms with van der Waals surface area (Å²) in [6.45, 7) is 2.56. The lowest BCUT2D eigenvalue weighted by atomic mass is 10.0. The van der Waals surface area contributed by atoms with E-state index in [2.05, 4.69) is 0 Å². The van der Waals surface area contributed by atoms with Crippen LogP contribution in [0.1, 0.15) is 18.4 Å². The Hall–Kier alpha value is -0.540. The molecule has 1 rings (SSSR count). The number of hydrogen-bond acceptors (Lipinski definition) is 2. The number of nitrogens with two attached hydrogens (primary N) is 1. The Morgan fingerprint density at radius 3 is 2.77 bits per heavy atom. The van der Waals surface area contributed by atoms with Gasteiger partial charge in [-0.05, 0) is 42.5 Å². The van der Waals surface area contributed by atoms with Gasteiger partial charge in [0.05, 0.1) is 0 Å². The molecule has 0 saturated carbocycles. The van der Waals surface area contributed by atoms with Crippen LogP contribution in [0.25, 0.3) is 0 Å². The predicted molar refractivity (Wildman–Crippen MR) is 55.7 cm³/mol. The zero-order valence-corrected chi connectivity index (χ0v) is 8.70. The molecule has 1 aromatic rings. The van der Waals surface area contributed by atoms with E-state index in [1.165, 1.54) is 6.07 Å². The van der Waals surface area contributed by atoms with Crippen molar-refractivity contribution in [2.45, 2.75) is 17.7 Å². The highest BCUT2D eigenvalue weighted by atomic mass is 32.2. The molecule has 3 heteroatoms. The van der Waals surface area contributed by atoms with E-state index in [1.807, 2.05) is 19.2 Å². The van der Waals surface area contributed by atoms with E-state index in [0.29, 0.717) is 6.54 Å². The Kier molecular flexibility index (Phi) is 3.75. The van der Waals surface area contributed by atoms with Gasteiger partial charge in [-0.15, -0.1) is 11.8 Å². The van der Waals surface area contributed by atoms with Gasteiger partial charge in [-0.3, -0.25) is 0 Å². The number of hydrogen-bond donors (Lipinski definition) is 1. The second-order valence-electron chi connectivity index (χ2n) is 3.02. The average molecular weight is 199 g/mol. The molecule has 0 spiro atoms. The van der Waals surface area contributed by atoms with E-state index in [-0.39, 0.29) is 11.7 Å². The molecular formula is C10H14FNS. The molecule has 0 radical (unpaired) electrons. The number of benzene rings is 1. The number of rotatable bonds is 3. The molecule has 0 heterocycles. The quantitative estimate of drug-likeness (QED) is 0.757. The summed E-state index contributed by atoms with van der Waals surface area (Å²) < 4.78 is 12.9. The molecule has 1 atom stereocenters. The molecule has 0 aliphatic rings. The Balaban J connectivity index is 3.07. The fourth-order valence-corrected chi connectivity index (χ4v) is 1.92. The lowest BCUT2D eigenvalue weighted by Crippen LogP contribution is -2.10. The summed E-state index contributed by atoms with van der Waals surface area (Å²) in [6.07, 6.45) is 1.99. The smallest absolute Gasteiger partial charge is 0.123 e. The zero-order valence-electron chi connectivity index (χ0n) is 7.88. The molecular weight excluding hydrogens is 185 g/mol. The van der Waals surface area contributed by atoms with Gasteiger partial charge in [0, 0.05) is 4.90 Å². The van der Waals surface area contributed by atoms with Crippen LogP contribution >= 0.6 is 11.8 Å². The van der Waals surface area contributed by atoms with Gasteiger partial charge >= 0.3 is 0 Å². The van der Waals surface area contributed by atoms with Gasteiger partial charge in [-0.2, -0.15) is 0 Å². The van der Waals surface area contributed by atoms with Crippen LogP contribution in [0.3, 0.4) is 0 Å². The second-order valence-corrected chi connectivity index (χ2v) is 3.87. The van der Waals surface area contributed by atoms with Crippen molar-refractivity contribution in [2.75, 3.05) is 12.8 Å². The third kappa shape index (κ3) is 2.45. The summed E-state index contributed by atoms with van der Waals surface area (Å²) in [5, 5.41) is 0. The highest BCUT2D eigenvalue weighted by Gasteiger charge is 2.09. The van der Waals surface area contributed by atoms with Crippen LogP contribution in [0.4, 0.5) is 4.39 Å². The minimum atomic E-state index is -0.187. The van der Waals surface area contributed by atoms with Gasteiger partial charge in [-0.25, -0.2) is 4.39 Å². The van der Waals surface area contributed by atoms with Crippen LogP contribution in [0.15, 0.2) is 23.1 Å². The van der Waals surface area contributed by atoms with E-state index in [9.17, 15) is 4.39 Å². The third-order valence-corrected chi connectivity index (χ3v) is 2.89. The van der Waals surface area contributed by atoms with Crippen LogP contribution in [-0.4, -0.2) is 12.8 Å². The van der Waals surface area contributed by atoms with Crippen molar-refractivity contribution in [1.82, 2.24) is 0 Å². The SMILES string of the molecule is CSc1ccc(F)cc1C(C)CN. The summed E-state index contributed by atoms with van der Waals surface area (Å²) in [5.74, 6) is 0.0336. The third-order valence-electron chi connectivity index (χ3n) is 2.08. The summed E-state index contributed by atoms with van der Waals surface area (Å²) >= 11 is 1.63. The van der Waals surface area contributed by atoms with E-state index in [0.717, 1.165) is 10.5 Å². The summed E-state index contributed by atoms with van der Waals surface area (Å²) in [5.41, 5.74) is 6.56. The first-order chi connectivity index (χ1) is 6.19. The average Bonchev–Trinajstić information content (AvgIpc) is 2.16. The molecule has 0 aliphatic carbocycles. The maximum absolute atomic E-state index is 12.9. The maximum Gasteiger partial charge on any atom is 0.123 e. The number of thioether (sulfide) groups is 1. The first-order valence-corrected chi connectivity index (χ1v) is 5.45. The van der Waals surface area contributed by atoms with Gasteiger partial charge in [0.1, 0.15) is 5.82 Å². The fraction of sp³-hybridized carbons (Fsp3) is 0.400. The highest BCUT2D eigenvalue weighted by molar-refractivity contribution is 7.98. The van der Waals surface area contributed by atoms with Crippen molar-refractivity contribution in [3.8, 4) is 0 Å². The summed E-state index contributed by atoms with van der Waals surface area (Å²) in [4.78, 5) is 1.11. The molecule has 1 aromatic carbocycles. The Bertz CT molecular complexity index is 288. The lowest BCUT2D eigenvalue weighted by molar-refractivity contribution is 0.618. The summed E-state index contributed by atoms with van der Waals surface area (Å²) in [6, 6.07) is 4.86. The second kappa shape index (κ2) is 4.63. The van der Waals surface area contributed by atoms with Crippen molar-refractivity contribution >= 4 is 11.8 Å². The van der Waals surface area contributed by atoms with Crippen molar-refractivity contribution in [1.29, 1.82) is 0 Å². The van der Waals surface area contributed by atoms with Crippen LogP contribution in [-0.2, 0) is 0 Å². The van der Waals surface area contributed by atoms with Crippen molar-refractivity contribution in [2.24, 2.45) is 5.73 Å². The van der Waals surface area contributed by atoms with E-state index >= 15 is 0 Å². The molecule has 72 valence electrons. The molecule has 1 unspecified atom stereocenters. The summed E-state index contributed by atoms with van der Waals surface area (Å²) in [7, 11) is 0. The molecule has 0 fully saturated rings. The van der Waals surface area contributed by atoms with E-state index in [4.69, 9.17) is 5.73 Å². The van der Waals surface area contributed by atoms with Gasteiger partial charge < -0.3 is 5.73 Å². The van der Waals surface area contributed by atoms with Crippen LogP contribution in [0.5, 0.6) is 0 Å². The van der Waals surface area contributed by atoms with E-state index in [1.54, 1.807) is 17.8 Å².